The Kier molecular flexibility index (Phi) is 10.3. The lowest BCUT2D eigenvalue weighted by atomic mass is 10.1. The van der Waals surface area contributed by atoms with Crippen LogP contribution in [-0.4, -0.2) is 52.7 Å². The second-order valence-electron chi connectivity index (χ2n) is 6.52. The van der Waals surface area contributed by atoms with Gasteiger partial charge in [0.25, 0.3) is 0 Å². The van der Waals surface area contributed by atoms with Crippen LogP contribution in [0.5, 0.6) is 23.0 Å². The molecule has 0 heterocycles. The number of hydrogen-bond acceptors (Lipinski definition) is 6. The number of hydrogen-bond donors (Lipinski definition) is 0. The number of benzene rings is 2. The molecule has 0 N–H and O–H groups in total. The molecule has 0 bridgehead atoms. The Balaban J connectivity index is 0.00000420. The summed E-state index contributed by atoms with van der Waals surface area (Å²) in [6.07, 6.45) is 1.25. The number of ether oxygens (including phenoxy) is 4. The van der Waals surface area contributed by atoms with Crippen molar-refractivity contribution in [3.05, 3.63) is 47.5 Å². The van der Waals surface area contributed by atoms with Gasteiger partial charge in [-0.2, -0.15) is 0 Å². The van der Waals surface area contributed by atoms with Gasteiger partial charge in [0.1, 0.15) is 0 Å². The molecule has 6 nitrogen and oxygen atoms in total. The van der Waals surface area contributed by atoms with E-state index in [2.05, 4.69) is 4.90 Å². The molecule has 0 aromatic heterocycles. The summed E-state index contributed by atoms with van der Waals surface area (Å²) < 4.78 is 21.1. The number of ketones is 1. The Hall–Kier alpha value is -2.44. The summed E-state index contributed by atoms with van der Waals surface area (Å²) in [7, 11) is 8.44. The van der Waals surface area contributed by atoms with Crippen molar-refractivity contribution >= 4 is 18.2 Å². The zero-order valence-electron chi connectivity index (χ0n) is 17.7. The van der Waals surface area contributed by atoms with Gasteiger partial charge in [-0.3, -0.25) is 4.79 Å². The first-order valence-corrected chi connectivity index (χ1v) is 9.17. The van der Waals surface area contributed by atoms with E-state index in [9.17, 15) is 4.79 Å². The minimum atomic E-state index is 0. The smallest absolute Gasteiger partial charge is 0.163 e. The minimum Gasteiger partial charge on any atom is -0.493 e. The van der Waals surface area contributed by atoms with Crippen LogP contribution in [0, 0.1) is 0 Å². The molecule has 0 amide bonds. The second-order valence-corrected chi connectivity index (χ2v) is 6.52. The molecule has 29 heavy (non-hydrogen) atoms. The highest BCUT2D eigenvalue weighted by atomic mass is 35.5. The maximum absolute atomic E-state index is 12.5. The lowest BCUT2D eigenvalue weighted by Crippen LogP contribution is -2.20. The van der Waals surface area contributed by atoms with Gasteiger partial charge in [0, 0.05) is 18.5 Å². The predicted octanol–water partition coefficient (Wildman–Crippen LogP) is 4.24. The summed E-state index contributed by atoms with van der Waals surface area (Å²) in [5.74, 6) is 2.72. The van der Waals surface area contributed by atoms with Crippen molar-refractivity contribution in [1.29, 1.82) is 0 Å². The molecule has 0 aliphatic rings. The molecule has 0 aliphatic carbocycles. The third-order valence-corrected chi connectivity index (χ3v) is 4.55. The van der Waals surface area contributed by atoms with E-state index in [1.165, 1.54) is 0 Å². The van der Waals surface area contributed by atoms with E-state index in [-0.39, 0.29) is 18.2 Å². The third kappa shape index (κ3) is 6.84. The van der Waals surface area contributed by atoms with Gasteiger partial charge >= 0.3 is 0 Å². The maximum atomic E-state index is 12.5. The van der Waals surface area contributed by atoms with Crippen molar-refractivity contribution in [3.8, 4) is 23.0 Å². The highest BCUT2D eigenvalue weighted by molar-refractivity contribution is 5.96. The fraction of sp³-hybridized carbons (Fsp3) is 0.409. The van der Waals surface area contributed by atoms with Crippen molar-refractivity contribution in [1.82, 2.24) is 4.90 Å². The highest BCUT2D eigenvalue weighted by Gasteiger charge is 2.12. The lowest BCUT2D eigenvalue weighted by molar-refractivity contribution is 0.0975. The van der Waals surface area contributed by atoms with Gasteiger partial charge < -0.3 is 23.8 Å². The van der Waals surface area contributed by atoms with E-state index in [4.69, 9.17) is 18.9 Å². The molecule has 0 saturated heterocycles. The average molecular weight is 424 g/mol. The van der Waals surface area contributed by atoms with Gasteiger partial charge in [0.05, 0.1) is 28.4 Å². The molecule has 2 rings (SSSR count). The quantitative estimate of drug-likeness (QED) is 0.504. The van der Waals surface area contributed by atoms with Crippen molar-refractivity contribution in [2.45, 2.75) is 19.4 Å². The first-order valence-electron chi connectivity index (χ1n) is 9.17. The average Bonchev–Trinajstić information content (AvgIpc) is 2.72. The van der Waals surface area contributed by atoms with Crippen LogP contribution in [0.2, 0.25) is 0 Å². The van der Waals surface area contributed by atoms with E-state index < -0.39 is 0 Å². The third-order valence-electron chi connectivity index (χ3n) is 4.55. The number of methoxy groups -OCH3 is 4. The van der Waals surface area contributed by atoms with Crippen molar-refractivity contribution in [2.75, 3.05) is 42.0 Å². The van der Waals surface area contributed by atoms with Crippen LogP contribution in [0.3, 0.4) is 0 Å². The summed E-state index contributed by atoms with van der Waals surface area (Å²) in [5, 5.41) is 0. The van der Waals surface area contributed by atoms with Crippen LogP contribution < -0.4 is 18.9 Å². The molecule has 2 aromatic rings. The molecule has 0 unspecified atom stereocenters. The van der Waals surface area contributed by atoms with E-state index in [1.54, 1.807) is 46.6 Å². The zero-order chi connectivity index (χ0) is 20.5. The van der Waals surface area contributed by atoms with Gasteiger partial charge in [-0.05, 0) is 55.9 Å². The Morgan fingerprint density at radius 2 is 1.38 bits per heavy atom. The summed E-state index contributed by atoms with van der Waals surface area (Å²) in [6.45, 7) is 1.58. The first kappa shape index (κ1) is 24.6. The van der Waals surface area contributed by atoms with Gasteiger partial charge in [-0.15, -0.1) is 12.4 Å². The van der Waals surface area contributed by atoms with Crippen LogP contribution in [0.25, 0.3) is 0 Å². The number of carbonyl (C=O) groups excluding carboxylic acids is 1. The first-order chi connectivity index (χ1) is 13.5. The molecule has 0 fully saturated rings. The summed E-state index contributed by atoms with van der Waals surface area (Å²) in [5.41, 5.74) is 1.77. The molecule has 0 aliphatic heterocycles. The molecule has 0 radical (unpaired) electrons. The van der Waals surface area contributed by atoms with Crippen LogP contribution in [0.1, 0.15) is 28.8 Å². The predicted molar refractivity (Wildman–Crippen MR) is 116 cm³/mol. The number of halogens is 1. The van der Waals surface area contributed by atoms with E-state index in [0.717, 1.165) is 36.6 Å². The monoisotopic (exact) mass is 423 g/mol. The SMILES string of the molecule is COc1ccc(CN(C)CCCC(=O)c2ccc(OC)c(OC)c2)cc1OC.Cl. The van der Waals surface area contributed by atoms with Gasteiger partial charge in [0.2, 0.25) is 0 Å². The summed E-state index contributed by atoms with van der Waals surface area (Å²) in [6, 6.07) is 11.2. The van der Waals surface area contributed by atoms with Crippen molar-refractivity contribution < 1.29 is 23.7 Å². The molecular weight excluding hydrogens is 394 g/mol. The molecule has 2 aromatic carbocycles. The normalized spacial score (nSPS) is 10.3. The van der Waals surface area contributed by atoms with E-state index in [1.807, 2.05) is 25.2 Å². The largest absolute Gasteiger partial charge is 0.493 e. The Bertz CT molecular complexity index is 797. The molecular formula is C22H30ClNO5. The van der Waals surface area contributed by atoms with Crippen molar-refractivity contribution in [2.24, 2.45) is 0 Å². The topological polar surface area (TPSA) is 57.2 Å². The fourth-order valence-corrected chi connectivity index (χ4v) is 3.03. The number of nitrogens with zero attached hydrogens (tertiary/aromatic N) is 1. The molecule has 160 valence electrons. The summed E-state index contributed by atoms with van der Waals surface area (Å²) in [4.78, 5) is 14.6. The van der Waals surface area contributed by atoms with Gasteiger partial charge in [-0.1, -0.05) is 6.07 Å². The Labute approximate surface area is 179 Å². The maximum Gasteiger partial charge on any atom is 0.163 e. The zero-order valence-corrected chi connectivity index (χ0v) is 18.5. The molecule has 7 heteroatoms. The standard InChI is InChI=1S/C22H29NO5.ClH/c1-23(15-16-8-10-19(25-2)21(13-16)27-4)12-6-7-18(24)17-9-11-20(26-3)22(14-17)28-5;/h8-11,13-14H,6-7,12,15H2,1-5H3;1H. The molecule has 0 saturated carbocycles. The number of rotatable bonds is 11. The molecule has 0 spiro atoms. The van der Waals surface area contributed by atoms with Gasteiger partial charge in [-0.25, -0.2) is 0 Å². The minimum absolute atomic E-state index is 0. The van der Waals surface area contributed by atoms with Gasteiger partial charge in [0.15, 0.2) is 28.8 Å². The molecule has 0 atom stereocenters. The number of carbonyl (C=O) groups is 1. The van der Waals surface area contributed by atoms with Crippen LogP contribution in [-0.2, 0) is 6.54 Å². The summed E-state index contributed by atoms with van der Waals surface area (Å²) >= 11 is 0. The van der Waals surface area contributed by atoms with E-state index >= 15 is 0 Å². The van der Waals surface area contributed by atoms with Crippen LogP contribution in [0.15, 0.2) is 36.4 Å². The fourth-order valence-electron chi connectivity index (χ4n) is 3.03. The van der Waals surface area contributed by atoms with Crippen molar-refractivity contribution in [3.63, 3.8) is 0 Å². The second kappa shape index (κ2) is 12.2. The Morgan fingerprint density at radius 3 is 1.97 bits per heavy atom. The van der Waals surface area contributed by atoms with E-state index in [0.29, 0.717) is 23.5 Å². The van der Waals surface area contributed by atoms with Crippen LogP contribution in [0.4, 0.5) is 0 Å². The number of Topliss-reactive ketones (excluding diaryl/α,β-unsaturated/α-hetero) is 1. The lowest BCUT2D eigenvalue weighted by Gasteiger charge is -2.17. The Morgan fingerprint density at radius 1 is 0.828 bits per heavy atom. The van der Waals surface area contributed by atoms with Crippen LogP contribution >= 0.6 is 12.4 Å². The highest BCUT2D eigenvalue weighted by Crippen LogP contribution is 2.29.